The second-order valence-corrected chi connectivity index (χ2v) is 7.40. The summed E-state index contributed by atoms with van der Waals surface area (Å²) in [4.78, 5) is 22.9. The van der Waals surface area contributed by atoms with E-state index in [1.165, 1.54) is 13.2 Å². The van der Waals surface area contributed by atoms with Crippen LogP contribution in [0.25, 0.3) is 0 Å². The Hall–Kier alpha value is -2.67. The summed E-state index contributed by atoms with van der Waals surface area (Å²) in [6.07, 6.45) is 5.59. The van der Waals surface area contributed by atoms with Crippen molar-refractivity contribution in [3.63, 3.8) is 0 Å². The normalized spacial score (nSPS) is 35.7. The number of carbonyl (C=O) groups excluding carboxylic acids is 1. The van der Waals surface area contributed by atoms with Crippen molar-refractivity contribution >= 4 is 11.8 Å². The Morgan fingerprint density at radius 3 is 2.89 bits per heavy atom. The molecule has 3 aliphatic rings. The van der Waals surface area contributed by atoms with Crippen LogP contribution in [0, 0.1) is 33.3 Å². The molecule has 6 atom stereocenters. The quantitative estimate of drug-likeness (QED) is 0.489. The number of hydrogen-bond donors (Lipinski definition) is 1. The second kappa shape index (κ2) is 6.49. The fourth-order valence-electron chi connectivity index (χ4n) is 5.25. The Bertz CT molecular complexity index is 822. The molecular formula is C20H22N2O5. The number of benzene rings is 1. The van der Waals surface area contributed by atoms with Gasteiger partial charge < -0.3 is 14.8 Å². The average Bonchev–Trinajstić information content (AvgIpc) is 2.75. The molecule has 27 heavy (non-hydrogen) atoms. The van der Waals surface area contributed by atoms with Gasteiger partial charge in [0.2, 0.25) is 0 Å². The molecule has 7 heteroatoms. The monoisotopic (exact) mass is 370 g/mol. The number of carbonyl (C=O) groups is 1. The lowest BCUT2D eigenvalue weighted by Gasteiger charge is -2.43. The summed E-state index contributed by atoms with van der Waals surface area (Å²) >= 11 is 0. The molecule has 1 saturated heterocycles. The number of allylic oxidation sites excluding steroid dienone is 2. The van der Waals surface area contributed by atoms with Gasteiger partial charge in [-0.1, -0.05) is 36.4 Å². The van der Waals surface area contributed by atoms with E-state index in [9.17, 15) is 14.9 Å². The number of nitro benzene ring substituents is 1. The molecule has 1 aliphatic heterocycles. The molecule has 0 spiro atoms. The van der Waals surface area contributed by atoms with Crippen molar-refractivity contribution in [3.8, 4) is 0 Å². The van der Waals surface area contributed by atoms with Gasteiger partial charge in [0, 0.05) is 41.3 Å². The fourth-order valence-corrected chi connectivity index (χ4v) is 5.25. The number of para-hydroxylation sites is 1. The molecule has 142 valence electrons. The highest BCUT2D eigenvalue weighted by Gasteiger charge is 2.65. The van der Waals surface area contributed by atoms with E-state index in [1.54, 1.807) is 12.1 Å². The van der Waals surface area contributed by atoms with Gasteiger partial charge in [-0.2, -0.15) is 0 Å². The van der Waals surface area contributed by atoms with Gasteiger partial charge in [0.15, 0.2) is 0 Å². The van der Waals surface area contributed by atoms with Crippen LogP contribution in [-0.2, 0) is 9.47 Å². The molecule has 2 fully saturated rings. The van der Waals surface area contributed by atoms with Crippen LogP contribution in [-0.4, -0.2) is 37.4 Å². The Labute approximate surface area is 157 Å². The minimum atomic E-state index is -0.499. The number of nitrogens with zero attached hydrogens (tertiary/aromatic N) is 1. The number of rotatable bonds is 5. The molecule has 1 heterocycles. The molecule has 0 radical (unpaired) electrons. The summed E-state index contributed by atoms with van der Waals surface area (Å²) in [7, 11) is 1.33. The van der Waals surface area contributed by atoms with Crippen molar-refractivity contribution in [2.75, 3.05) is 20.3 Å². The maximum atomic E-state index is 11.7. The number of ether oxygens (including phenoxy) is 2. The zero-order valence-corrected chi connectivity index (χ0v) is 15.0. The molecular weight excluding hydrogens is 348 g/mol. The van der Waals surface area contributed by atoms with Gasteiger partial charge in [0.05, 0.1) is 24.7 Å². The van der Waals surface area contributed by atoms with Crippen LogP contribution in [0.1, 0.15) is 11.5 Å². The lowest BCUT2D eigenvalue weighted by molar-refractivity contribution is -0.385. The van der Waals surface area contributed by atoms with Crippen LogP contribution in [0.2, 0.25) is 0 Å². The van der Waals surface area contributed by atoms with Crippen LogP contribution in [0.15, 0.2) is 49.1 Å². The number of amides is 1. The van der Waals surface area contributed by atoms with E-state index in [4.69, 9.17) is 9.47 Å². The van der Waals surface area contributed by atoms with Crippen molar-refractivity contribution in [3.05, 3.63) is 64.8 Å². The number of alkyl carbamates (subject to hydrolysis) is 1. The summed E-state index contributed by atoms with van der Waals surface area (Å²) in [5, 5.41) is 14.4. The minimum Gasteiger partial charge on any atom is -0.453 e. The topological polar surface area (TPSA) is 90.7 Å². The third kappa shape index (κ3) is 2.49. The van der Waals surface area contributed by atoms with Gasteiger partial charge in [0.25, 0.3) is 5.69 Å². The van der Waals surface area contributed by atoms with Crippen LogP contribution >= 0.6 is 0 Å². The van der Waals surface area contributed by atoms with Gasteiger partial charge in [-0.15, -0.1) is 6.58 Å². The minimum absolute atomic E-state index is 0.00717. The van der Waals surface area contributed by atoms with Crippen LogP contribution in [0.4, 0.5) is 10.5 Å². The first-order valence-corrected chi connectivity index (χ1v) is 9.02. The zero-order valence-electron chi connectivity index (χ0n) is 15.0. The highest BCUT2D eigenvalue weighted by Crippen LogP contribution is 2.64. The molecule has 1 aromatic rings. The van der Waals surface area contributed by atoms with E-state index in [1.807, 2.05) is 12.1 Å². The Morgan fingerprint density at radius 2 is 2.26 bits per heavy atom. The third-order valence-corrected chi connectivity index (χ3v) is 6.47. The molecule has 0 aromatic heterocycles. The Balaban J connectivity index is 1.77. The first kappa shape index (κ1) is 17.7. The second-order valence-electron chi connectivity index (χ2n) is 7.40. The first-order valence-electron chi connectivity index (χ1n) is 9.02. The number of fused-ring (bicyclic) bond motifs is 5. The van der Waals surface area contributed by atoms with E-state index in [-0.39, 0.29) is 34.5 Å². The predicted molar refractivity (Wildman–Crippen MR) is 98.2 cm³/mol. The van der Waals surface area contributed by atoms with E-state index >= 15 is 0 Å². The van der Waals surface area contributed by atoms with Crippen LogP contribution < -0.4 is 5.32 Å². The lowest BCUT2D eigenvalue weighted by atomic mass is 9.62. The van der Waals surface area contributed by atoms with E-state index in [2.05, 4.69) is 24.0 Å². The molecule has 4 rings (SSSR count). The van der Waals surface area contributed by atoms with Crippen LogP contribution in [0.5, 0.6) is 0 Å². The molecule has 2 aliphatic carbocycles. The zero-order chi connectivity index (χ0) is 19.2. The van der Waals surface area contributed by atoms with Gasteiger partial charge in [-0.05, 0) is 5.92 Å². The number of nitro groups is 1. The summed E-state index contributed by atoms with van der Waals surface area (Å²) in [6, 6.07) is 6.83. The van der Waals surface area contributed by atoms with E-state index in [0.29, 0.717) is 24.6 Å². The van der Waals surface area contributed by atoms with Crippen molar-refractivity contribution in [1.29, 1.82) is 0 Å². The van der Waals surface area contributed by atoms with E-state index in [0.717, 1.165) is 0 Å². The van der Waals surface area contributed by atoms with Gasteiger partial charge in [0.1, 0.15) is 0 Å². The molecule has 1 aromatic carbocycles. The molecule has 1 N–H and O–H groups in total. The van der Waals surface area contributed by atoms with E-state index < -0.39 is 11.5 Å². The van der Waals surface area contributed by atoms with Crippen molar-refractivity contribution < 1.29 is 19.2 Å². The highest BCUT2D eigenvalue weighted by molar-refractivity contribution is 5.67. The van der Waals surface area contributed by atoms with Gasteiger partial charge in [-0.3, -0.25) is 10.1 Å². The average molecular weight is 370 g/mol. The summed E-state index contributed by atoms with van der Waals surface area (Å²) in [6.45, 7) is 5.09. The standard InChI is InChI=1S/C20H22N2O5/c1-3-20(11-21-19(23)26-2)15-9-8-13(17(20)18-14(15)10-27-18)12-6-4-5-7-16(12)22(24)25/h3-9,13-15,17-18H,1,10-11H2,2H3,(H,21,23)/t13-,14-,15+,17-,18-,20-/m0/s1. The number of nitrogens with one attached hydrogen (secondary N) is 1. The summed E-state index contributed by atoms with van der Waals surface area (Å²) in [5.74, 6) is 0.281. The predicted octanol–water partition coefficient (Wildman–Crippen LogP) is 3.04. The Kier molecular flexibility index (Phi) is 4.26. The maximum Gasteiger partial charge on any atom is 0.406 e. The molecule has 0 unspecified atom stereocenters. The third-order valence-electron chi connectivity index (χ3n) is 6.47. The smallest absolute Gasteiger partial charge is 0.406 e. The van der Waals surface area contributed by atoms with Gasteiger partial charge >= 0.3 is 6.09 Å². The molecule has 7 nitrogen and oxygen atoms in total. The SMILES string of the molecule is C=C[C@@]1(CNC(=O)OC)[C@@H]2[C@H]3OC[C@H]3[C@H]1C=C[C@H]2c1ccccc1[N+](=O)[O-]. The van der Waals surface area contributed by atoms with Crippen molar-refractivity contribution in [2.45, 2.75) is 12.0 Å². The highest BCUT2D eigenvalue weighted by atomic mass is 16.6. The fraction of sp³-hybridized carbons (Fsp3) is 0.450. The maximum absolute atomic E-state index is 11.7. The summed E-state index contributed by atoms with van der Waals surface area (Å²) < 4.78 is 10.6. The van der Waals surface area contributed by atoms with Gasteiger partial charge in [-0.25, -0.2) is 4.79 Å². The van der Waals surface area contributed by atoms with Crippen LogP contribution in [0.3, 0.4) is 0 Å². The number of hydrogen-bond acceptors (Lipinski definition) is 5. The van der Waals surface area contributed by atoms with Crippen molar-refractivity contribution in [1.82, 2.24) is 5.32 Å². The molecule has 1 amide bonds. The lowest BCUT2D eigenvalue weighted by Crippen LogP contribution is -2.47. The Morgan fingerprint density at radius 1 is 1.48 bits per heavy atom. The molecule has 2 bridgehead atoms. The first-order chi connectivity index (χ1) is 13.0. The number of methoxy groups -OCH3 is 1. The largest absolute Gasteiger partial charge is 0.453 e. The molecule has 1 saturated carbocycles. The van der Waals surface area contributed by atoms with Crippen molar-refractivity contribution in [2.24, 2.45) is 23.2 Å². The summed E-state index contributed by atoms with van der Waals surface area (Å²) in [5.41, 5.74) is 0.332.